The van der Waals surface area contributed by atoms with Crippen LogP contribution in [0, 0.1) is 0 Å². The third kappa shape index (κ3) is 4.69. The largest absolute Gasteiger partial charge is 0.343 e. The smallest absolute Gasteiger partial charge is 0.245 e. The number of rotatable bonds is 4. The van der Waals surface area contributed by atoms with E-state index in [0.29, 0.717) is 0 Å². The number of nitrogens with two attached hydrogens (primary N) is 1. The van der Waals surface area contributed by atoms with Crippen LogP contribution in [-0.4, -0.2) is 35.8 Å². The van der Waals surface area contributed by atoms with E-state index >= 15 is 0 Å². The molecule has 0 bridgehead atoms. The number of nitrogens with one attached hydrogen (secondary N) is 1. The first-order valence-electron chi connectivity index (χ1n) is 7.87. The van der Waals surface area contributed by atoms with Crippen LogP contribution in [0.15, 0.2) is 30.3 Å². The van der Waals surface area contributed by atoms with Crippen molar-refractivity contribution in [2.45, 2.75) is 44.7 Å². The lowest BCUT2D eigenvalue weighted by molar-refractivity contribution is -0.138. The Hall–Kier alpha value is -1.59. The Morgan fingerprint density at radius 2 is 1.74 bits per heavy atom. The van der Waals surface area contributed by atoms with Crippen molar-refractivity contribution in [3.8, 4) is 0 Å². The third-order valence-corrected chi connectivity index (χ3v) is 4.23. The van der Waals surface area contributed by atoms with Crippen LogP contribution in [0.25, 0.3) is 0 Å². The fourth-order valence-corrected chi connectivity index (χ4v) is 2.71. The van der Waals surface area contributed by atoms with Gasteiger partial charge in [-0.15, -0.1) is 12.4 Å². The van der Waals surface area contributed by atoms with Crippen molar-refractivity contribution in [1.82, 2.24) is 10.2 Å². The van der Waals surface area contributed by atoms with E-state index in [-0.39, 0.29) is 24.2 Å². The normalized spacial score (nSPS) is 18.3. The highest BCUT2D eigenvalue weighted by Crippen LogP contribution is 2.18. The second-order valence-corrected chi connectivity index (χ2v) is 6.15. The molecule has 6 heteroatoms. The van der Waals surface area contributed by atoms with Gasteiger partial charge in [0.05, 0.1) is 0 Å². The van der Waals surface area contributed by atoms with E-state index in [1.165, 1.54) is 6.42 Å². The Morgan fingerprint density at radius 1 is 1.17 bits per heavy atom. The summed E-state index contributed by atoms with van der Waals surface area (Å²) in [6, 6.07) is 8.64. The zero-order valence-electron chi connectivity index (χ0n) is 13.7. The van der Waals surface area contributed by atoms with Crippen molar-refractivity contribution >= 4 is 24.2 Å². The standard InChI is InChI=1S/C17H25N3O2.ClH/c1-13(15(21)20-11-7-4-8-12-20)19-16(22)17(2,18)14-9-5-3-6-10-14;/h3,5-6,9-10,13H,4,7-8,11-12,18H2,1-2H3,(H,19,22);1H. The molecule has 0 radical (unpaired) electrons. The molecule has 2 unspecified atom stereocenters. The fraction of sp³-hybridized carbons (Fsp3) is 0.529. The van der Waals surface area contributed by atoms with Crippen LogP contribution in [0.2, 0.25) is 0 Å². The molecule has 2 atom stereocenters. The van der Waals surface area contributed by atoms with Crippen molar-refractivity contribution in [2.75, 3.05) is 13.1 Å². The SMILES string of the molecule is CC(NC(=O)C(C)(N)c1ccccc1)C(=O)N1CCCCC1.Cl. The fourth-order valence-electron chi connectivity index (χ4n) is 2.71. The van der Waals surface area contributed by atoms with E-state index in [1.807, 2.05) is 35.2 Å². The van der Waals surface area contributed by atoms with Gasteiger partial charge in [0.25, 0.3) is 0 Å². The minimum absolute atomic E-state index is 0. The number of halogens is 1. The van der Waals surface area contributed by atoms with E-state index in [4.69, 9.17) is 5.73 Å². The second kappa shape index (κ2) is 8.31. The third-order valence-electron chi connectivity index (χ3n) is 4.23. The first-order valence-corrected chi connectivity index (χ1v) is 7.87. The van der Waals surface area contributed by atoms with Crippen molar-refractivity contribution < 1.29 is 9.59 Å². The summed E-state index contributed by atoms with van der Waals surface area (Å²) in [4.78, 5) is 26.6. The minimum atomic E-state index is -1.16. The van der Waals surface area contributed by atoms with Gasteiger partial charge in [-0.2, -0.15) is 0 Å². The number of carbonyl (C=O) groups is 2. The minimum Gasteiger partial charge on any atom is -0.343 e. The summed E-state index contributed by atoms with van der Waals surface area (Å²) in [6.45, 7) is 4.93. The van der Waals surface area contributed by atoms with Crippen LogP contribution in [-0.2, 0) is 15.1 Å². The Kier molecular flexibility index (Phi) is 7.03. The summed E-state index contributed by atoms with van der Waals surface area (Å²) in [5.74, 6) is -0.367. The summed E-state index contributed by atoms with van der Waals surface area (Å²) >= 11 is 0. The molecule has 2 amide bonds. The van der Waals surface area contributed by atoms with Crippen LogP contribution in [0.4, 0.5) is 0 Å². The second-order valence-electron chi connectivity index (χ2n) is 6.15. The number of likely N-dealkylation sites (tertiary alicyclic amines) is 1. The molecular weight excluding hydrogens is 314 g/mol. The van der Waals surface area contributed by atoms with E-state index in [2.05, 4.69) is 5.32 Å². The maximum Gasteiger partial charge on any atom is 0.245 e. The summed E-state index contributed by atoms with van der Waals surface area (Å²) < 4.78 is 0. The zero-order chi connectivity index (χ0) is 16.2. The molecule has 2 rings (SSSR count). The number of carbonyl (C=O) groups excluding carboxylic acids is 2. The van der Waals surface area contributed by atoms with E-state index in [1.54, 1.807) is 13.8 Å². The lowest BCUT2D eigenvalue weighted by atomic mass is 9.92. The average molecular weight is 340 g/mol. The molecule has 128 valence electrons. The van der Waals surface area contributed by atoms with E-state index < -0.39 is 11.6 Å². The summed E-state index contributed by atoms with van der Waals surface area (Å²) in [7, 11) is 0. The van der Waals surface area contributed by atoms with Crippen molar-refractivity contribution in [3.63, 3.8) is 0 Å². The lowest BCUT2D eigenvalue weighted by Crippen LogP contribution is -2.55. The van der Waals surface area contributed by atoms with Gasteiger partial charge < -0.3 is 16.0 Å². The molecule has 5 nitrogen and oxygen atoms in total. The highest BCUT2D eigenvalue weighted by Gasteiger charge is 2.33. The maximum absolute atomic E-state index is 12.5. The van der Waals surface area contributed by atoms with Crippen molar-refractivity contribution in [1.29, 1.82) is 0 Å². The molecule has 0 aliphatic carbocycles. The average Bonchev–Trinajstić information content (AvgIpc) is 2.55. The zero-order valence-corrected chi connectivity index (χ0v) is 14.6. The number of amides is 2. The Labute approximate surface area is 144 Å². The highest BCUT2D eigenvalue weighted by atomic mass is 35.5. The van der Waals surface area contributed by atoms with E-state index in [9.17, 15) is 9.59 Å². The molecular formula is C17H26ClN3O2. The molecule has 1 aliphatic heterocycles. The highest BCUT2D eigenvalue weighted by molar-refractivity contribution is 5.92. The van der Waals surface area contributed by atoms with Gasteiger partial charge in [-0.1, -0.05) is 30.3 Å². The molecule has 1 saturated heterocycles. The van der Waals surface area contributed by atoms with Crippen LogP contribution in [0.5, 0.6) is 0 Å². The quantitative estimate of drug-likeness (QED) is 0.878. The van der Waals surface area contributed by atoms with Gasteiger partial charge in [0, 0.05) is 13.1 Å². The predicted octanol–water partition coefficient (Wildman–Crippen LogP) is 1.80. The Bertz CT molecular complexity index is 528. The summed E-state index contributed by atoms with van der Waals surface area (Å²) in [5.41, 5.74) is 5.74. The molecule has 0 saturated carbocycles. The van der Waals surface area contributed by atoms with Crippen LogP contribution in [0.3, 0.4) is 0 Å². The van der Waals surface area contributed by atoms with Gasteiger partial charge >= 0.3 is 0 Å². The number of piperidine rings is 1. The maximum atomic E-state index is 12.5. The van der Waals surface area contributed by atoms with Crippen LogP contribution >= 0.6 is 12.4 Å². The molecule has 3 N–H and O–H groups in total. The number of hydrogen-bond donors (Lipinski definition) is 2. The van der Waals surface area contributed by atoms with Gasteiger partial charge in [0.2, 0.25) is 11.8 Å². The number of benzene rings is 1. The van der Waals surface area contributed by atoms with Gasteiger partial charge in [-0.25, -0.2) is 0 Å². The number of hydrogen-bond acceptors (Lipinski definition) is 3. The number of nitrogens with zero attached hydrogens (tertiary/aromatic N) is 1. The topological polar surface area (TPSA) is 75.4 Å². The Morgan fingerprint density at radius 3 is 2.30 bits per heavy atom. The molecule has 0 aromatic heterocycles. The van der Waals surface area contributed by atoms with Gasteiger partial charge in [0.1, 0.15) is 11.6 Å². The molecule has 1 aliphatic rings. The molecule has 1 fully saturated rings. The Balaban J connectivity index is 0.00000264. The monoisotopic (exact) mass is 339 g/mol. The first kappa shape index (κ1) is 19.5. The molecule has 1 aromatic carbocycles. The lowest BCUT2D eigenvalue weighted by Gasteiger charge is -2.31. The van der Waals surface area contributed by atoms with Crippen LogP contribution in [0.1, 0.15) is 38.7 Å². The van der Waals surface area contributed by atoms with Gasteiger partial charge in [-0.05, 0) is 38.7 Å². The van der Waals surface area contributed by atoms with Crippen molar-refractivity contribution in [3.05, 3.63) is 35.9 Å². The molecule has 23 heavy (non-hydrogen) atoms. The van der Waals surface area contributed by atoms with Gasteiger partial charge in [0.15, 0.2) is 0 Å². The first-order chi connectivity index (χ1) is 10.4. The van der Waals surface area contributed by atoms with Crippen molar-refractivity contribution in [2.24, 2.45) is 5.73 Å². The predicted molar refractivity (Wildman–Crippen MR) is 93.3 cm³/mol. The van der Waals surface area contributed by atoms with E-state index in [0.717, 1.165) is 31.5 Å². The molecule has 1 heterocycles. The molecule has 0 spiro atoms. The van der Waals surface area contributed by atoms with Gasteiger partial charge in [-0.3, -0.25) is 9.59 Å². The van der Waals surface area contributed by atoms with Crippen LogP contribution < -0.4 is 11.1 Å². The summed E-state index contributed by atoms with van der Waals surface area (Å²) in [5, 5.41) is 2.76. The summed E-state index contributed by atoms with van der Waals surface area (Å²) in [6.07, 6.45) is 3.23. The molecule has 1 aromatic rings.